The first-order chi connectivity index (χ1) is 9.06. The summed E-state index contributed by atoms with van der Waals surface area (Å²) in [4.78, 5) is -0.459. The molecule has 0 radical (unpaired) electrons. The SMILES string of the molecule is COc1cc(F)c(C(Br)c2ccc(Cl)o2)cc1OC. The molecule has 1 aromatic heterocycles. The monoisotopic (exact) mass is 348 g/mol. The number of rotatable bonds is 4. The Labute approximate surface area is 123 Å². The largest absolute Gasteiger partial charge is 0.493 e. The zero-order chi connectivity index (χ0) is 14.0. The standard InChI is InChI=1S/C13H11BrClFO3/c1-17-10-5-7(8(16)6-11(10)18-2)13(14)9-3-4-12(15)19-9/h3-6,13H,1-2H3. The van der Waals surface area contributed by atoms with Crippen molar-refractivity contribution in [1.82, 2.24) is 0 Å². The van der Waals surface area contributed by atoms with Gasteiger partial charge in [-0.15, -0.1) is 0 Å². The van der Waals surface area contributed by atoms with E-state index in [2.05, 4.69) is 15.9 Å². The third kappa shape index (κ3) is 2.87. The third-order valence-corrected chi connectivity index (χ3v) is 3.77. The van der Waals surface area contributed by atoms with Crippen LogP contribution in [0.5, 0.6) is 11.5 Å². The van der Waals surface area contributed by atoms with Gasteiger partial charge >= 0.3 is 0 Å². The van der Waals surface area contributed by atoms with Crippen LogP contribution in [0.4, 0.5) is 4.39 Å². The highest BCUT2D eigenvalue weighted by Gasteiger charge is 2.21. The van der Waals surface area contributed by atoms with Gasteiger partial charge in [0, 0.05) is 11.6 Å². The summed E-state index contributed by atoms with van der Waals surface area (Å²) in [6.07, 6.45) is 0. The number of benzene rings is 1. The van der Waals surface area contributed by atoms with Gasteiger partial charge in [0.05, 0.1) is 14.2 Å². The van der Waals surface area contributed by atoms with Crippen LogP contribution in [-0.2, 0) is 0 Å². The molecule has 0 saturated carbocycles. The second-order valence-corrected chi connectivity index (χ2v) is 5.02. The molecule has 0 fully saturated rings. The van der Waals surface area contributed by atoms with Crippen molar-refractivity contribution in [2.45, 2.75) is 4.83 Å². The lowest BCUT2D eigenvalue weighted by Crippen LogP contribution is -1.99. The first-order valence-corrected chi connectivity index (χ1v) is 6.67. The Morgan fingerprint density at radius 3 is 2.37 bits per heavy atom. The smallest absolute Gasteiger partial charge is 0.193 e. The molecule has 2 aromatic rings. The number of alkyl halides is 1. The Kier molecular flexibility index (Phi) is 4.37. The fourth-order valence-corrected chi connectivity index (χ4v) is 2.43. The quantitative estimate of drug-likeness (QED) is 0.758. The zero-order valence-corrected chi connectivity index (χ0v) is 12.6. The average Bonchev–Trinajstić information content (AvgIpc) is 2.84. The van der Waals surface area contributed by atoms with Crippen LogP contribution in [0, 0.1) is 5.82 Å². The molecule has 0 spiro atoms. The minimum atomic E-state index is -0.459. The first-order valence-electron chi connectivity index (χ1n) is 5.37. The number of furan rings is 1. The molecule has 1 aromatic carbocycles. The fraction of sp³-hybridized carbons (Fsp3) is 0.231. The van der Waals surface area contributed by atoms with E-state index in [9.17, 15) is 4.39 Å². The Bertz CT molecular complexity index is 585. The Hall–Kier alpha value is -1.20. The number of methoxy groups -OCH3 is 2. The molecule has 2 rings (SSSR count). The molecule has 0 aliphatic carbocycles. The number of hydrogen-bond acceptors (Lipinski definition) is 3. The minimum Gasteiger partial charge on any atom is -0.493 e. The lowest BCUT2D eigenvalue weighted by atomic mass is 10.1. The molecule has 0 amide bonds. The van der Waals surface area contributed by atoms with Gasteiger partial charge in [0.2, 0.25) is 0 Å². The summed E-state index contributed by atoms with van der Waals surface area (Å²) in [5, 5.41) is 0.250. The molecule has 102 valence electrons. The van der Waals surface area contributed by atoms with Crippen LogP contribution in [-0.4, -0.2) is 14.2 Å². The molecule has 0 aliphatic heterocycles. The van der Waals surface area contributed by atoms with Crippen molar-refractivity contribution in [2.75, 3.05) is 14.2 Å². The van der Waals surface area contributed by atoms with Crippen molar-refractivity contribution in [3.63, 3.8) is 0 Å². The first kappa shape index (κ1) is 14.2. The number of hydrogen-bond donors (Lipinski definition) is 0. The van der Waals surface area contributed by atoms with Gasteiger partial charge in [-0.05, 0) is 29.8 Å². The van der Waals surface area contributed by atoms with Crippen LogP contribution in [0.1, 0.15) is 16.2 Å². The van der Waals surface area contributed by atoms with Crippen molar-refractivity contribution in [3.8, 4) is 11.5 Å². The Morgan fingerprint density at radius 2 is 1.84 bits per heavy atom. The predicted molar refractivity (Wildman–Crippen MR) is 74.0 cm³/mol. The van der Waals surface area contributed by atoms with Crippen molar-refractivity contribution >= 4 is 27.5 Å². The second kappa shape index (κ2) is 5.84. The lowest BCUT2D eigenvalue weighted by molar-refractivity contribution is 0.351. The van der Waals surface area contributed by atoms with Crippen molar-refractivity contribution in [3.05, 3.63) is 46.6 Å². The highest BCUT2D eigenvalue weighted by atomic mass is 79.9. The maximum absolute atomic E-state index is 14.1. The van der Waals surface area contributed by atoms with Crippen LogP contribution >= 0.6 is 27.5 Å². The van der Waals surface area contributed by atoms with Crippen LogP contribution in [0.2, 0.25) is 5.22 Å². The van der Waals surface area contributed by atoms with Gasteiger partial charge < -0.3 is 13.9 Å². The molecule has 0 saturated heterocycles. The summed E-state index contributed by atoms with van der Waals surface area (Å²) in [6, 6.07) is 6.11. The van der Waals surface area contributed by atoms with Gasteiger partial charge in [0.1, 0.15) is 16.4 Å². The minimum absolute atomic E-state index is 0.250. The van der Waals surface area contributed by atoms with Gasteiger partial charge in [-0.3, -0.25) is 0 Å². The Morgan fingerprint density at radius 1 is 1.21 bits per heavy atom. The highest BCUT2D eigenvalue weighted by molar-refractivity contribution is 9.09. The van der Waals surface area contributed by atoms with Crippen molar-refractivity contribution in [1.29, 1.82) is 0 Å². The summed E-state index contributed by atoms with van der Waals surface area (Å²) >= 11 is 9.09. The molecule has 1 atom stereocenters. The summed E-state index contributed by atoms with van der Waals surface area (Å²) in [5.41, 5.74) is 0.378. The van der Waals surface area contributed by atoms with E-state index in [-0.39, 0.29) is 5.22 Å². The molecule has 6 heteroatoms. The van der Waals surface area contributed by atoms with E-state index in [4.69, 9.17) is 25.5 Å². The van der Waals surface area contributed by atoms with Crippen LogP contribution in [0.3, 0.4) is 0 Å². The van der Waals surface area contributed by atoms with E-state index in [1.165, 1.54) is 20.3 Å². The maximum atomic E-state index is 14.1. The zero-order valence-electron chi connectivity index (χ0n) is 10.2. The summed E-state index contributed by atoms with van der Waals surface area (Å²) in [6.45, 7) is 0. The third-order valence-electron chi connectivity index (χ3n) is 2.62. The predicted octanol–water partition coefficient (Wildman–Crippen LogP) is 4.57. The van der Waals surface area contributed by atoms with E-state index in [0.29, 0.717) is 22.8 Å². The van der Waals surface area contributed by atoms with Gasteiger partial charge in [-0.1, -0.05) is 15.9 Å². The molecule has 19 heavy (non-hydrogen) atoms. The molecule has 0 aliphatic rings. The van der Waals surface area contributed by atoms with Crippen molar-refractivity contribution < 1.29 is 18.3 Å². The summed E-state index contributed by atoms with van der Waals surface area (Å²) in [5.74, 6) is 0.866. The van der Waals surface area contributed by atoms with Crippen LogP contribution in [0.25, 0.3) is 0 Å². The molecule has 0 N–H and O–H groups in total. The molecular weight excluding hydrogens is 338 g/mol. The average molecular weight is 350 g/mol. The number of halogens is 3. The van der Waals surface area contributed by atoms with Gasteiger partial charge in [-0.25, -0.2) is 4.39 Å². The molecule has 3 nitrogen and oxygen atoms in total. The van der Waals surface area contributed by atoms with Gasteiger partial charge in [0.15, 0.2) is 16.7 Å². The van der Waals surface area contributed by atoms with Crippen LogP contribution < -0.4 is 9.47 Å². The molecule has 1 heterocycles. The van der Waals surface area contributed by atoms with E-state index in [1.54, 1.807) is 18.2 Å². The van der Waals surface area contributed by atoms with E-state index < -0.39 is 10.6 Å². The van der Waals surface area contributed by atoms with Gasteiger partial charge in [-0.2, -0.15) is 0 Å². The maximum Gasteiger partial charge on any atom is 0.193 e. The molecule has 1 unspecified atom stereocenters. The van der Waals surface area contributed by atoms with Crippen LogP contribution in [0.15, 0.2) is 28.7 Å². The van der Waals surface area contributed by atoms with Crippen molar-refractivity contribution in [2.24, 2.45) is 0 Å². The summed E-state index contributed by atoms with van der Waals surface area (Å²) < 4.78 is 29.5. The molecule has 0 bridgehead atoms. The summed E-state index contributed by atoms with van der Waals surface area (Å²) in [7, 11) is 2.95. The topological polar surface area (TPSA) is 31.6 Å². The fourth-order valence-electron chi connectivity index (χ4n) is 1.68. The number of ether oxygens (including phenoxy) is 2. The lowest BCUT2D eigenvalue weighted by Gasteiger charge is -2.13. The van der Waals surface area contributed by atoms with E-state index in [1.807, 2.05) is 0 Å². The molecular formula is C13H11BrClFO3. The van der Waals surface area contributed by atoms with E-state index in [0.717, 1.165) is 0 Å². The second-order valence-electron chi connectivity index (χ2n) is 3.73. The normalized spacial score (nSPS) is 12.3. The Balaban J connectivity index is 2.44. The van der Waals surface area contributed by atoms with E-state index >= 15 is 0 Å². The van der Waals surface area contributed by atoms with Gasteiger partial charge in [0.25, 0.3) is 0 Å². The highest BCUT2D eigenvalue weighted by Crippen LogP contribution is 2.39.